The van der Waals surface area contributed by atoms with Crippen LogP contribution in [0.5, 0.6) is 0 Å². The molecular formula is C15H18ClN3OS. The van der Waals surface area contributed by atoms with Gasteiger partial charge in [0.15, 0.2) is 5.16 Å². The third-order valence-electron chi connectivity index (χ3n) is 3.72. The van der Waals surface area contributed by atoms with Crippen LogP contribution in [-0.4, -0.2) is 19.9 Å². The number of aryl methyl sites for hydroxylation is 1. The van der Waals surface area contributed by atoms with Crippen molar-refractivity contribution in [2.45, 2.75) is 55.3 Å². The van der Waals surface area contributed by atoms with Crippen LogP contribution in [0.2, 0.25) is 5.02 Å². The van der Waals surface area contributed by atoms with Crippen LogP contribution < -0.4 is 0 Å². The third-order valence-corrected chi connectivity index (χ3v) is 5.20. The second kappa shape index (κ2) is 6.38. The van der Waals surface area contributed by atoms with Crippen molar-refractivity contribution in [3.63, 3.8) is 0 Å². The van der Waals surface area contributed by atoms with E-state index in [1.807, 2.05) is 18.2 Å². The minimum Gasteiger partial charge on any atom is -0.389 e. The van der Waals surface area contributed by atoms with E-state index >= 15 is 0 Å². The molecule has 0 saturated carbocycles. The Morgan fingerprint density at radius 3 is 2.90 bits per heavy atom. The van der Waals surface area contributed by atoms with Crippen molar-refractivity contribution in [3.05, 3.63) is 34.6 Å². The Morgan fingerprint density at radius 1 is 1.29 bits per heavy atom. The molecule has 0 unspecified atom stereocenters. The number of aromatic nitrogens is 3. The molecule has 1 aromatic heterocycles. The topological polar surface area (TPSA) is 50.9 Å². The molecule has 0 amide bonds. The van der Waals surface area contributed by atoms with E-state index in [4.69, 9.17) is 11.6 Å². The van der Waals surface area contributed by atoms with Gasteiger partial charge in [0.25, 0.3) is 0 Å². The fourth-order valence-corrected chi connectivity index (χ4v) is 3.67. The molecular weight excluding hydrogens is 306 g/mol. The number of aliphatic hydroxyl groups excluding tert-OH is 1. The van der Waals surface area contributed by atoms with Gasteiger partial charge < -0.3 is 9.67 Å². The molecule has 21 heavy (non-hydrogen) atoms. The second-order valence-electron chi connectivity index (χ2n) is 5.33. The zero-order valence-corrected chi connectivity index (χ0v) is 13.5. The van der Waals surface area contributed by atoms with Crippen molar-refractivity contribution < 1.29 is 5.11 Å². The monoisotopic (exact) mass is 323 g/mol. The highest BCUT2D eigenvalue weighted by molar-refractivity contribution is 7.99. The van der Waals surface area contributed by atoms with Crippen molar-refractivity contribution in [1.82, 2.24) is 14.8 Å². The van der Waals surface area contributed by atoms with Gasteiger partial charge in [0, 0.05) is 17.9 Å². The Kier molecular flexibility index (Phi) is 4.52. The van der Waals surface area contributed by atoms with E-state index in [-0.39, 0.29) is 0 Å². The van der Waals surface area contributed by atoms with E-state index in [0.717, 1.165) is 34.4 Å². The summed E-state index contributed by atoms with van der Waals surface area (Å²) in [5, 5.41) is 19.7. The number of rotatable bonds is 3. The normalized spacial score (nSPS) is 16.3. The molecule has 0 spiro atoms. The molecule has 0 saturated heterocycles. The lowest BCUT2D eigenvalue weighted by Crippen LogP contribution is -2.02. The average Bonchev–Trinajstić information content (AvgIpc) is 2.69. The Labute approximate surface area is 133 Å². The molecule has 1 aliphatic heterocycles. The van der Waals surface area contributed by atoms with Gasteiger partial charge in [-0.05, 0) is 49.2 Å². The summed E-state index contributed by atoms with van der Waals surface area (Å²) in [5.74, 6) is 1.08. The smallest absolute Gasteiger partial charge is 0.196 e. The molecule has 3 rings (SSSR count). The minimum atomic E-state index is -0.508. The molecule has 2 heterocycles. The molecule has 1 aromatic carbocycles. The van der Waals surface area contributed by atoms with Gasteiger partial charge >= 0.3 is 0 Å². The van der Waals surface area contributed by atoms with Gasteiger partial charge in [-0.15, -0.1) is 10.2 Å². The maximum absolute atomic E-state index is 9.59. The number of aliphatic hydroxyl groups is 1. The zero-order valence-electron chi connectivity index (χ0n) is 11.9. The SMILES string of the molecule is C[C@@H](O)c1ccc(Sc2nnc3n2CCCCC3)c(Cl)c1. The van der Waals surface area contributed by atoms with E-state index in [2.05, 4.69) is 14.8 Å². The van der Waals surface area contributed by atoms with Crippen LogP contribution in [0.1, 0.15) is 43.7 Å². The van der Waals surface area contributed by atoms with Crippen molar-refractivity contribution in [3.8, 4) is 0 Å². The summed E-state index contributed by atoms with van der Waals surface area (Å²) >= 11 is 7.86. The summed E-state index contributed by atoms with van der Waals surface area (Å²) in [4.78, 5) is 0.945. The van der Waals surface area contributed by atoms with Crippen LogP contribution in [-0.2, 0) is 13.0 Å². The molecule has 0 radical (unpaired) electrons. The Balaban J connectivity index is 1.85. The third kappa shape index (κ3) is 3.25. The molecule has 0 aliphatic carbocycles. The van der Waals surface area contributed by atoms with Crippen LogP contribution in [0.15, 0.2) is 28.3 Å². The number of fused-ring (bicyclic) bond motifs is 1. The van der Waals surface area contributed by atoms with Gasteiger partial charge in [0.2, 0.25) is 0 Å². The molecule has 0 fully saturated rings. The molecule has 1 aliphatic rings. The minimum absolute atomic E-state index is 0.508. The molecule has 2 aromatic rings. The van der Waals surface area contributed by atoms with Gasteiger partial charge in [-0.2, -0.15) is 0 Å². The Morgan fingerprint density at radius 2 is 2.14 bits per heavy atom. The molecule has 1 atom stereocenters. The van der Waals surface area contributed by atoms with E-state index in [0.29, 0.717) is 5.02 Å². The maximum atomic E-state index is 9.59. The van der Waals surface area contributed by atoms with Gasteiger partial charge in [-0.25, -0.2) is 0 Å². The summed E-state index contributed by atoms with van der Waals surface area (Å²) in [5.41, 5.74) is 0.824. The average molecular weight is 324 g/mol. The second-order valence-corrected chi connectivity index (χ2v) is 6.75. The number of benzene rings is 1. The molecule has 0 bridgehead atoms. The quantitative estimate of drug-likeness (QED) is 0.931. The van der Waals surface area contributed by atoms with E-state index < -0.39 is 6.10 Å². The lowest BCUT2D eigenvalue weighted by molar-refractivity contribution is 0.199. The summed E-state index contributed by atoms with van der Waals surface area (Å²) in [6.45, 7) is 2.71. The first-order chi connectivity index (χ1) is 10.1. The fourth-order valence-electron chi connectivity index (χ4n) is 2.49. The van der Waals surface area contributed by atoms with Crippen LogP contribution in [0.25, 0.3) is 0 Å². The summed E-state index contributed by atoms with van der Waals surface area (Å²) in [6.07, 6.45) is 4.10. The van der Waals surface area contributed by atoms with E-state index in [9.17, 15) is 5.11 Å². The highest BCUT2D eigenvalue weighted by Gasteiger charge is 2.17. The van der Waals surface area contributed by atoms with Crippen molar-refractivity contribution in [2.75, 3.05) is 0 Å². The van der Waals surface area contributed by atoms with Gasteiger partial charge in [0.1, 0.15) is 5.82 Å². The number of hydrogen-bond acceptors (Lipinski definition) is 4. The first kappa shape index (κ1) is 14.9. The predicted molar refractivity (Wildman–Crippen MR) is 83.8 cm³/mol. The van der Waals surface area contributed by atoms with Gasteiger partial charge in [-0.1, -0.05) is 24.1 Å². The van der Waals surface area contributed by atoms with Gasteiger partial charge in [0.05, 0.1) is 11.1 Å². The summed E-state index contributed by atoms with van der Waals surface area (Å²) in [7, 11) is 0. The standard InChI is InChI=1S/C15H18ClN3OS/c1-10(20)11-6-7-13(12(16)9-11)21-15-18-17-14-5-3-2-4-8-19(14)15/h6-7,9-10,20H,2-5,8H2,1H3/t10-/m1/s1. The largest absolute Gasteiger partial charge is 0.389 e. The Bertz CT molecular complexity index is 642. The fraction of sp³-hybridized carbons (Fsp3) is 0.467. The molecule has 1 N–H and O–H groups in total. The Hall–Kier alpha value is -1.04. The van der Waals surface area contributed by atoms with Crippen molar-refractivity contribution >= 4 is 23.4 Å². The van der Waals surface area contributed by atoms with Gasteiger partial charge in [-0.3, -0.25) is 0 Å². The van der Waals surface area contributed by atoms with Crippen LogP contribution in [0.4, 0.5) is 0 Å². The van der Waals surface area contributed by atoms with Crippen LogP contribution in [0.3, 0.4) is 0 Å². The highest BCUT2D eigenvalue weighted by atomic mass is 35.5. The lowest BCUT2D eigenvalue weighted by Gasteiger charge is -2.10. The first-order valence-corrected chi connectivity index (χ1v) is 8.42. The predicted octanol–water partition coefficient (Wildman–Crippen LogP) is 3.86. The molecule has 4 nitrogen and oxygen atoms in total. The summed E-state index contributed by atoms with van der Waals surface area (Å²) < 4.78 is 2.20. The van der Waals surface area contributed by atoms with Crippen LogP contribution in [0, 0.1) is 0 Å². The van der Waals surface area contributed by atoms with Crippen molar-refractivity contribution in [1.29, 1.82) is 0 Å². The van der Waals surface area contributed by atoms with Crippen molar-refractivity contribution in [2.24, 2.45) is 0 Å². The van der Waals surface area contributed by atoms with E-state index in [1.54, 1.807) is 18.7 Å². The molecule has 6 heteroatoms. The summed E-state index contributed by atoms with van der Waals surface area (Å²) in [6, 6.07) is 5.65. The molecule has 112 valence electrons. The van der Waals surface area contributed by atoms with E-state index in [1.165, 1.54) is 19.3 Å². The maximum Gasteiger partial charge on any atom is 0.196 e. The highest BCUT2D eigenvalue weighted by Crippen LogP contribution is 2.34. The number of hydrogen-bond donors (Lipinski definition) is 1. The first-order valence-electron chi connectivity index (χ1n) is 7.22. The van der Waals surface area contributed by atoms with Crippen LogP contribution >= 0.6 is 23.4 Å². The lowest BCUT2D eigenvalue weighted by atomic mass is 10.1. The zero-order chi connectivity index (χ0) is 14.8. The number of halogens is 1. The number of nitrogens with zero attached hydrogens (tertiary/aromatic N) is 3.